The summed E-state index contributed by atoms with van der Waals surface area (Å²) in [6, 6.07) is 15.2. The summed E-state index contributed by atoms with van der Waals surface area (Å²) < 4.78 is 5.43. The van der Waals surface area contributed by atoms with E-state index in [1.54, 1.807) is 0 Å². The van der Waals surface area contributed by atoms with Crippen LogP contribution in [0.3, 0.4) is 0 Å². The maximum absolute atomic E-state index is 5.79. The second-order valence-electron chi connectivity index (χ2n) is 5.20. The smallest absolute Gasteiger partial charge is 0.0490 e. The summed E-state index contributed by atoms with van der Waals surface area (Å²) >= 11 is 0. The van der Waals surface area contributed by atoms with Crippen molar-refractivity contribution >= 4 is 10.8 Å². The molecule has 0 amide bonds. The summed E-state index contributed by atoms with van der Waals surface area (Å²) in [6.45, 7) is 1.69. The van der Waals surface area contributed by atoms with Crippen LogP contribution < -0.4 is 11.3 Å². The fraction of sp³-hybridized carbons (Fsp3) is 0.375. The number of nitrogens with one attached hydrogen (secondary N) is 1. The van der Waals surface area contributed by atoms with Crippen LogP contribution in [0.2, 0.25) is 0 Å². The minimum Gasteiger partial charge on any atom is -0.381 e. The van der Waals surface area contributed by atoms with Gasteiger partial charge in [0.25, 0.3) is 0 Å². The van der Waals surface area contributed by atoms with Crippen LogP contribution in [0.25, 0.3) is 10.8 Å². The normalized spacial score (nSPS) is 18.6. The lowest BCUT2D eigenvalue weighted by atomic mass is 9.87. The Hall–Kier alpha value is -1.42. The molecule has 0 saturated carbocycles. The van der Waals surface area contributed by atoms with Gasteiger partial charge in [-0.2, -0.15) is 0 Å². The largest absolute Gasteiger partial charge is 0.381 e. The van der Waals surface area contributed by atoms with Crippen LogP contribution in [0.1, 0.15) is 24.4 Å². The molecule has 3 rings (SSSR count). The molecule has 1 heterocycles. The highest BCUT2D eigenvalue weighted by Gasteiger charge is 2.24. The summed E-state index contributed by atoms with van der Waals surface area (Å²) in [7, 11) is 0. The molecule has 1 fully saturated rings. The van der Waals surface area contributed by atoms with Gasteiger partial charge < -0.3 is 4.74 Å². The molecule has 100 valence electrons. The fourth-order valence-corrected chi connectivity index (χ4v) is 2.95. The third kappa shape index (κ3) is 2.63. The summed E-state index contributed by atoms with van der Waals surface area (Å²) in [5.41, 5.74) is 4.27. The van der Waals surface area contributed by atoms with Gasteiger partial charge in [0.2, 0.25) is 0 Å². The van der Waals surface area contributed by atoms with Gasteiger partial charge in [-0.25, -0.2) is 0 Å². The molecule has 19 heavy (non-hydrogen) atoms. The Morgan fingerprint density at radius 2 is 1.79 bits per heavy atom. The zero-order valence-corrected chi connectivity index (χ0v) is 11.0. The maximum atomic E-state index is 5.79. The summed E-state index contributed by atoms with van der Waals surface area (Å²) in [6.07, 6.45) is 2.14. The van der Waals surface area contributed by atoms with Gasteiger partial charge in [-0.1, -0.05) is 36.4 Å². The van der Waals surface area contributed by atoms with E-state index in [2.05, 4.69) is 47.9 Å². The van der Waals surface area contributed by atoms with E-state index in [0.717, 1.165) is 26.1 Å². The first kappa shape index (κ1) is 12.6. The van der Waals surface area contributed by atoms with Gasteiger partial charge in [-0.05, 0) is 41.2 Å². The molecule has 3 heteroatoms. The molecule has 3 nitrogen and oxygen atoms in total. The number of benzene rings is 2. The highest BCUT2D eigenvalue weighted by atomic mass is 16.5. The van der Waals surface area contributed by atoms with Crippen LogP contribution in [0.5, 0.6) is 0 Å². The van der Waals surface area contributed by atoms with Crippen LogP contribution in [-0.2, 0) is 4.74 Å². The minimum absolute atomic E-state index is 0.216. The number of ether oxygens (including phenoxy) is 1. The zero-order valence-electron chi connectivity index (χ0n) is 11.0. The molecule has 1 atom stereocenters. The van der Waals surface area contributed by atoms with E-state index >= 15 is 0 Å². The number of hydrazine groups is 1. The van der Waals surface area contributed by atoms with Gasteiger partial charge in [0, 0.05) is 19.3 Å². The van der Waals surface area contributed by atoms with E-state index in [9.17, 15) is 0 Å². The topological polar surface area (TPSA) is 47.3 Å². The van der Waals surface area contributed by atoms with E-state index in [-0.39, 0.29) is 6.04 Å². The van der Waals surface area contributed by atoms with Crippen LogP contribution in [0.15, 0.2) is 42.5 Å². The second-order valence-corrected chi connectivity index (χ2v) is 5.20. The lowest BCUT2D eigenvalue weighted by molar-refractivity contribution is 0.0536. The van der Waals surface area contributed by atoms with Crippen molar-refractivity contribution < 1.29 is 4.74 Å². The first-order chi connectivity index (χ1) is 9.38. The van der Waals surface area contributed by atoms with E-state index in [1.807, 2.05) is 0 Å². The SMILES string of the molecule is NNC(c1ccc2ccccc2c1)C1CCOCC1. The van der Waals surface area contributed by atoms with Crippen molar-refractivity contribution in [2.24, 2.45) is 11.8 Å². The van der Waals surface area contributed by atoms with Crippen molar-refractivity contribution in [3.63, 3.8) is 0 Å². The van der Waals surface area contributed by atoms with Gasteiger partial charge in [-0.15, -0.1) is 0 Å². The number of hydrogen-bond acceptors (Lipinski definition) is 3. The van der Waals surface area contributed by atoms with E-state index < -0.39 is 0 Å². The summed E-state index contributed by atoms with van der Waals surface area (Å²) in [5.74, 6) is 6.34. The molecule has 2 aromatic rings. The van der Waals surface area contributed by atoms with Crippen molar-refractivity contribution in [2.45, 2.75) is 18.9 Å². The van der Waals surface area contributed by atoms with Crippen molar-refractivity contribution in [3.05, 3.63) is 48.0 Å². The highest BCUT2D eigenvalue weighted by molar-refractivity contribution is 5.83. The third-order valence-electron chi connectivity index (χ3n) is 4.05. The Labute approximate surface area is 113 Å². The molecule has 1 aliphatic rings. The maximum Gasteiger partial charge on any atom is 0.0490 e. The minimum atomic E-state index is 0.216. The molecule has 0 radical (unpaired) electrons. The van der Waals surface area contributed by atoms with Crippen LogP contribution in [0.4, 0.5) is 0 Å². The van der Waals surface area contributed by atoms with Crippen molar-refractivity contribution in [2.75, 3.05) is 13.2 Å². The Morgan fingerprint density at radius 1 is 1.05 bits per heavy atom. The quantitative estimate of drug-likeness (QED) is 0.655. The first-order valence-corrected chi connectivity index (χ1v) is 6.91. The first-order valence-electron chi connectivity index (χ1n) is 6.91. The molecule has 2 aromatic carbocycles. The van der Waals surface area contributed by atoms with Crippen molar-refractivity contribution in [1.82, 2.24) is 5.43 Å². The van der Waals surface area contributed by atoms with Gasteiger partial charge in [0.15, 0.2) is 0 Å². The molecular formula is C16H20N2O. The molecule has 3 N–H and O–H groups in total. The Balaban J connectivity index is 1.91. The second kappa shape index (κ2) is 5.70. The summed E-state index contributed by atoms with van der Waals surface area (Å²) in [4.78, 5) is 0. The molecule has 1 unspecified atom stereocenters. The average molecular weight is 256 g/mol. The lowest BCUT2D eigenvalue weighted by Crippen LogP contribution is -2.36. The van der Waals surface area contributed by atoms with E-state index in [4.69, 9.17) is 10.6 Å². The molecule has 0 spiro atoms. The molecule has 0 aromatic heterocycles. The fourth-order valence-electron chi connectivity index (χ4n) is 2.95. The standard InChI is InChI=1S/C16H20N2O/c17-18-16(13-7-9-19-10-8-13)15-6-5-12-3-1-2-4-14(12)11-15/h1-6,11,13,16,18H,7-10,17H2. The highest BCUT2D eigenvalue weighted by Crippen LogP contribution is 2.31. The Morgan fingerprint density at radius 3 is 2.53 bits per heavy atom. The Bertz CT molecular complexity index is 549. The molecular weight excluding hydrogens is 236 g/mol. The van der Waals surface area contributed by atoms with Crippen LogP contribution in [0, 0.1) is 5.92 Å². The van der Waals surface area contributed by atoms with Crippen LogP contribution in [-0.4, -0.2) is 13.2 Å². The third-order valence-corrected chi connectivity index (χ3v) is 4.05. The van der Waals surface area contributed by atoms with Gasteiger partial charge in [0.1, 0.15) is 0 Å². The van der Waals surface area contributed by atoms with Crippen molar-refractivity contribution in [1.29, 1.82) is 0 Å². The Kier molecular flexibility index (Phi) is 3.78. The van der Waals surface area contributed by atoms with E-state index in [1.165, 1.54) is 16.3 Å². The summed E-state index contributed by atoms with van der Waals surface area (Å²) in [5, 5.41) is 2.54. The van der Waals surface area contributed by atoms with Crippen molar-refractivity contribution in [3.8, 4) is 0 Å². The molecule has 1 aliphatic heterocycles. The number of nitrogens with two attached hydrogens (primary N) is 1. The van der Waals surface area contributed by atoms with Gasteiger partial charge in [0.05, 0.1) is 0 Å². The number of hydrogen-bond donors (Lipinski definition) is 2. The van der Waals surface area contributed by atoms with E-state index in [0.29, 0.717) is 5.92 Å². The molecule has 1 saturated heterocycles. The lowest BCUT2D eigenvalue weighted by Gasteiger charge is -2.30. The number of rotatable bonds is 3. The van der Waals surface area contributed by atoms with Gasteiger partial charge in [-0.3, -0.25) is 11.3 Å². The predicted octanol–water partition coefficient (Wildman–Crippen LogP) is 2.77. The average Bonchev–Trinajstić information content (AvgIpc) is 2.49. The zero-order chi connectivity index (χ0) is 13.1. The molecule has 0 aliphatic carbocycles. The number of fused-ring (bicyclic) bond motifs is 1. The predicted molar refractivity (Wildman–Crippen MR) is 77.6 cm³/mol. The van der Waals surface area contributed by atoms with Gasteiger partial charge >= 0.3 is 0 Å². The monoisotopic (exact) mass is 256 g/mol. The van der Waals surface area contributed by atoms with Crippen LogP contribution >= 0.6 is 0 Å². The molecule has 0 bridgehead atoms.